The van der Waals surface area contributed by atoms with Crippen LogP contribution in [-0.4, -0.2) is 28.9 Å². The van der Waals surface area contributed by atoms with E-state index in [0.717, 1.165) is 23.3 Å². The molecule has 0 N–H and O–H groups in total. The number of pyridine rings is 1. The second kappa shape index (κ2) is 7.74. The molecule has 1 aliphatic heterocycles. The number of aromatic nitrogens is 1. The van der Waals surface area contributed by atoms with Gasteiger partial charge in [0.15, 0.2) is 0 Å². The molecular formula is C22H21FN2O2. The van der Waals surface area contributed by atoms with Gasteiger partial charge in [0.2, 0.25) is 5.91 Å². The summed E-state index contributed by atoms with van der Waals surface area (Å²) in [7, 11) is 0. The lowest BCUT2D eigenvalue weighted by Gasteiger charge is -2.24. The van der Waals surface area contributed by atoms with Crippen LogP contribution in [0.4, 0.5) is 4.39 Å². The predicted molar refractivity (Wildman–Crippen MR) is 99.7 cm³/mol. The van der Waals surface area contributed by atoms with Gasteiger partial charge >= 0.3 is 0 Å². The van der Waals surface area contributed by atoms with E-state index in [2.05, 4.69) is 4.98 Å². The molecule has 0 aliphatic carbocycles. The number of hydrogen-bond donors (Lipinski definition) is 0. The Hall–Kier alpha value is -2.95. The first kappa shape index (κ1) is 17.5. The van der Waals surface area contributed by atoms with E-state index < -0.39 is 0 Å². The van der Waals surface area contributed by atoms with Crippen LogP contribution in [0.1, 0.15) is 35.1 Å². The van der Waals surface area contributed by atoms with Crippen molar-refractivity contribution in [2.24, 2.45) is 0 Å². The summed E-state index contributed by atoms with van der Waals surface area (Å²) in [6.07, 6.45) is 6.60. The first-order valence-corrected chi connectivity index (χ1v) is 9.17. The van der Waals surface area contributed by atoms with E-state index in [1.165, 1.54) is 12.1 Å². The number of benzene rings is 1. The third-order valence-electron chi connectivity index (χ3n) is 5.18. The fraction of sp³-hybridized carbons (Fsp3) is 0.273. The Morgan fingerprint density at radius 3 is 2.78 bits per heavy atom. The number of hydrogen-bond acceptors (Lipinski definition) is 3. The summed E-state index contributed by atoms with van der Waals surface area (Å²) in [6.45, 7) is 1.35. The topological polar surface area (TPSA) is 46.3 Å². The normalized spacial score (nSPS) is 17.8. The minimum absolute atomic E-state index is 0.0690. The van der Waals surface area contributed by atoms with E-state index >= 15 is 0 Å². The number of carbonyl (C=O) groups is 1. The minimum atomic E-state index is -0.356. The highest BCUT2D eigenvalue weighted by atomic mass is 19.1. The second-order valence-electron chi connectivity index (χ2n) is 6.95. The van der Waals surface area contributed by atoms with E-state index in [1.54, 1.807) is 30.8 Å². The standard InChI is InChI=1S/C22H21FN2O2/c23-19-7-5-17(6-8-19)20(13-16-3-1-10-24-14-16)22(26)25-11-9-18(15-25)21-4-2-12-27-21/h1-8,10,12,14,18,20H,9,11,13,15H2. The van der Waals surface area contributed by atoms with Gasteiger partial charge in [-0.05, 0) is 54.3 Å². The lowest BCUT2D eigenvalue weighted by atomic mass is 9.91. The van der Waals surface area contributed by atoms with Gasteiger partial charge in [-0.15, -0.1) is 0 Å². The molecule has 3 heterocycles. The van der Waals surface area contributed by atoms with E-state index in [1.807, 2.05) is 29.2 Å². The zero-order valence-electron chi connectivity index (χ0n) is 14.9. The van der Waals surface area contributed by atoms with Crippen molar-refractivity contribution in [1.82, 2.24) is 9.88 Å². The molecule has 1 fully saturated rings. The molecule has 2 unspecified atom stereocenters. The highest BCUT2D eigenvalue weighted by Gasteiger charge is 2.33. The third kappa shape index (κ3) is 3.92. The second-order valence-corrected chi connectivity index (χ2v) is 6.95. The summed E-state index contributed by atoms with van der Waals surface area (Å²) < 4.78 is 18.9. The maximum Gasteiger partial charge on any atom is 0.230 e. The van der Waals surface area contributed by atoms with Gasteiger partial charge in [0.25, 0.3) is 0 Å². The maximum atomic E-state index is 13.4. The Balaban J connectivity index is 1.56. The molecule has 4 rings (SSSR count). The zero-order chi connectivity index (χ0) is 18.6. The first-order valence-electron chi connectivity index (χ1n) is 9.17. The predicted octanol–water partition coefficient (Wildman–Crippen LogP) is 4.16. The molecule has 0 bridgehead atoms. The molecule has 1 aromatic carbocycles. The number of amides is 1. The molecule has 0 saturated carbocycles. The fourth-order valence-corrected chi connectivity index (χ4v) is 3.73. The van der Waals surface area contributed by atoms with Gasteiger partial charge in [-0.1, -0.05) is 18.2 Å². The number of furan rings is 1. The van der Waals surface area contributed by atoms with Crippen LogP contribution in [-0.2, 0) is 11.2 Å². The van der Waals surface area contributed by atoms with E-state index in [-0.39, 0.29) is 23.6 Å². The molecule has 3 aromatic rings. The summed E-state index contributed by atoms with van der Waals surface area (Å²) in [5.74, 6) is 0.571. The summed E-state index contributed by atoms with van der Waals surface area (Å²) in [5.41, 5.74) is 1.81. The molecule has 138 valence electrons. The summed E-state index contributed by atoms with van der Waals surface area (Å²) in [6, 6.07) is 13.9. The lowest BCUT2D eigenvalue weighted by Crippen LogP contribution is -2.34. The van der Waals surface area contributed by atoms with Gasteiger partial charge in [-0.25, -0.2) is 4.39 Å². The highest BCUT2D eigenvalue weighted by molar-refractivity contribution is 5.84. The third-order valence-corrected chi connectivity index (χ3v) is 5.18. The first-order chi connectivity index (χ1) is 13.2. The molecule has 2 atom stereocenters. The van der Waals surface area contributed by atoms with Crippen molar-refractivity contribution in [3.8, 4) is 0 Å². The molecule has 0 radical (unpaired) electrons. The molecule has 1 aliphatic rings. The molecule has 0 spiro atoms. The van der Waals surface area contributed by atoms with Crippen molar-refractivity contribution in [1.29, 1.82) is 0 Å². The Morgan fingerprint density at radius 2 is 2.07 bits per heavy atom. The quantitative estimate of drug-likeness (QED) is 0.683. The molecule has 2 aromatic heterocycles. The van der Waals surface area contributed by atoms with Gasteiger partial charge in [-0.2, -0.15) is 0 Å². The maximum absolute atomic E-state index is 13.4. The Morgan fingerprint density at radius 1 is 1.22 bits per heavy atom. The van der Waals surface area contributed by atoms with Crippen molar-refractivity contribution < 1.29 is 13.6 Å². The fourth-order valence-electron chi connectivity index (χ4n) is 3.73. The Labute approximate surface area is 157 Å². The number of rotatable bonds is 5. The molecule has 4 nitrogen and oxygen atoms in total. The van der Waals surface area contributed by atoms with Crippen molar-refractivity contribution in [2.45, 2.75) is 24.7 Å². The molecule has 27 heavy (non-hydrogen) atoms. The van der Waals surface area contributed by atoms with Gasteiger partial charge < -0.3 is 9.32 Å². The average molecular weight is 364 g/mol. The van der Waals surface area contributed by atoms with Gasteiger partial charge in [0.1, 0.15) is 11.6 Å². The van der Waals surface area contributed by atoms with Crippen LogP contribution < -0.4 is 0 Å². The van der Waals surface area contributed by atoms with Crippen molar-refractivity contribution in [3.05, 3.63) is 89.9 Å². The van der Waals surface area contributed by atoms with Gasteiger partial charge in [0, 0.05) is 31.4 Å². The molecule has 1 saturated heterocycles. The number of likely N-dealkylation sites (tertiary alicyclic amines) is 1. The van der Waals surface area contributed by atoms with Crippen molar-refractivity contribution >= 4 is 5.91 Å². The summed E-state index contributed by atoms with van der Waals surface area (Å²) >= 11 is 0. The van der Waals surface area contributed by atoms with Crippen LogP contribution in [0.2, 0.25) is 0 Å². The zero-order valence-corrected chi connectivity index (χ0v) is 14.9. The smallest absolute Gasteiger partial charge is 0.230 e. The van der Waals surface area contributed by atoms with E-state index in [4.69, 9.17) is 4.42 Å². The minimum Gasteiger partial charge on any atom is -0.469 e. The SMILES string of the molecule is O=C(C(Cc1cccnc1)c1ccc(F)cc1)N1CCC(c2ccco2)C1. The van der Waals surface area contributed by atoms with Crippen LogP contribution in [0.3, 0.4) is 0 Å². The summed E-state index contributed by atoms with van der Waals surface area (Å²) in [5, 5.41) is 0. The molecule has 5 heteroatoms. The van der Waals surface area contributed by atoms with Crippen LogP contribution in [0, 0.1) is 5.82 Å². The highest BCUT2D eigenvalue weighted by Crippen LogP contribution is 2.31. The largest absolute Gasteiger partial charge is 0.469 e. The van der Waals surface area contributed by atoms with Crippen LogP contribution in [0.5, 0.6) is 0 Å². The van der Waals surface area contributed by atoms with Crippen molar-refractivity contribution in [2.75, 3.05) is 13.1 Å². The number of nitrogens with zero attached hydrogens (tertiary/aromatic N) is 2. The van der Waals surface area contributed by atoms with E-state index in [9.17, 15) is 9.18 Å². The van der Waals surface area contributed by atoms with Crippen LogP contribution in [0.15, 0.2) is 71.6 Å². The monoisotopic (exact) mass is 364 g/mol. The van der Waals surface area contributed by atoms with Gasteiger partial charge in [-0.3, -0.25) is 9.78 Å². The summed E-state index contributed by atoms with van der Waals surface area (Å²) in [4.78, 5) is 19.4. The van der Waals surface area contributed by atoms with Crippen LogP contribution in [0.25, 0.3) is 0 Å². The Bertz CT molecular complexity index is 878. The Kier molecular flexibility index (Phi) is 5.01. The van der Waals surface area contributed by atoms with Gasteiger partial charge in [0.05, 0.1) is 12.2 Å². The average Bonchev–Trinajstić information content (AvgIpc) is 3.39. The number of carbonyl (C=O) groups excluding carboxylic acids is 1. The van der Waals surface area contributed by atoms with Crippen LogP contribution >= 0.6 is 0 Å². The lowest BCUT2D eigenvalue weighted by molar-refractivity contribution is -0.131. The number of halogens is 1. The van der Waals surface area contributed by atoms with Crippen molar-refractivity contribution in [3.63, 3.8) is 0 Å². The molecule has 1 amide bonds. The van der Waals surface area contributed by atoms with E-state index in [0.29, 0.717) is 19.5 Å². The molecular weight excluding hydrogens is 343 g/mol.